The zero-order valence-electron chi connectivity index (χ0n) is 10.1. The Kier molecular flexibility index (Phi) is 4.98. The van der Waals surface area contributed by atoms with E-state index in [4.69, 9.17) is 15.4 Å². The summed E-state index contributed by atoms with van der Waals surface area (Å²) in [5, 5.41) is 2.65. The van der Waals surface area contributed by atoms with Gasteiger partial charge in [-0.3, -0.25) is 4.79 Å². The summed E-state index contributed by atoms with van der Waals surface area (Å²) in [6.07, 6.45) is 0.372. The highest BCUT2D eigenvalue weighted by molar-refractivity contribution is 8.13. The van der Waals surface area contributed by atoms with Gasteiger partial charge in [0, 0.05) is 23.6 Å². The lowest BCUT2D eigenvalue weighted by Gasteiger charge is -2.09. The lowest BCUT2D eigenvalue weighted by Crippen LogP contribution is -2.21. The number of amides is 1. The summed E-state index contributed by atoms with van der Waals surface area (Å²) in [6.45, 7) is 1.98. The topological polar surface area (TPSA) is 72.5 Å². The van der Waals surface area contributed by atoms with Crippen molar-refractivity contribution in [2.45, 2.75) is 24.8 Å². The Morgan fingerprint density at radius 2 is 2.11 bits per heavy atom. The highest BCUT2D eigenvalue weighted by Gasteiger charge is 2.17. The fourth-order valence-electron chi connectivity index (χ4n) is 1.35. The second-order valence-electron chi connectivity index (χ2n) is 3.55. The molecule has 0 aliphatic heterocycles. The van der Waals surface area contributed by atoms with Crippen molar-refractivity contribution in [1.29, 1.82) is 0 Å². The van der Waals surface area contributed by atoms with Crippen molar-refractivity contribution in [2.24, 2.45) is 0 Å². The quantitative estimate of drug-likeness (QED) is 0.837. The van der Waals surface area contributed by atoms with E-state index < -0.39 is 9.05 Å². The van der Waals surface area contributed by atoms with Gasteiger partial charge in [0.15, 0.2) is 0 Å². The van der Waals surface area contributed by atoms with Crippen LogP contribution >= 0.6 is 10.7 Å². The molecule has 0 bridgehead atoms. The van der Waals surface area contributed by atoms with Gasteiger partial charge in [0.25, 0.3) is 9.05 Å². The predicted octanol–water partition coefficient (Wildman–Crippen LogP) is 1.65. The maximum atomic E-state index is 11.4. The molecular formula is C11H14ClNO4S. The molecule has 0 heterocycles. The molecule has 18 heavy (non-hydrogen) atoms. The van der Waals surface area contributed by atoms with Gasteiger partial charge in [-0.15, -0.1) is 0 Å². The lowest BCUT2D eigenvalue weighted by molar-refractivity contribution is -0.120. The molecule has 0 saturated heterocycles. The first-order chi connectivity index (χ1) is 8.38. The Labute approximate surface area is 111 Å². The van der Waals surface area contributed by atoms with E-state index in [1.54, 1.807) is 13.0 Å². The van der Waals surface area contributed by atoms with Crippen molar-refractivity contribution < 1.29 is 17.9 Å². The molecule has 0 atom stereocenters. The van der Waals surface area contributed by atoms with Gasteiger partial charge in [-0.2, -0.15) is 0 Å². The first-order valence-electron chi connectivity index (χ1n) is 5.26. The van der Waals surface area contributed by atoms with Crippen LogP contribution < -0.4 is 10.1 Å². The third-order valence-electron chi connectivity index (χ3n) is 2.30. The van der Waals surface area contributed by atoms with Crippen LogP contribution in [0.25, 0.3) is 0 Å². The minimum absolute atomic E-state index is 0.102. The smallest absolute Gasteiger partial charge is 0.264 e. The Morgan fingerprint density at radius 1 is 1.44 bits per heavy atom. The highest BCUT2D eigenvalue weighted by Crippen LogP contribution is 2.27. The molecular weight excluding hydrogens is 278 g/mol. The van der Waals surface area contributed by atoms with Crippen molar-refractivity contribution in [1.82, 2.24) is 5.32 Å². The molecule has 0 saturated carbocycles. The van der Waals surface area contributed by atoms with Crippen molar-refractivity contribution in [2.75, 3.05) is 7.11 Å². The number of benzene rings is 1. The molecule has 1 amide bonds. The SMILES string of the molecule is CCC(=O)NCc1ccc(OC)c(S(=O)(=O)Cl)c1. The van der Waals surface area contributed by atoms with Crippen LogP contribution in [-0.4, -0.2) is 21.4 Å². The Morgan fingerprint density at radius 3 is 2.61 bits per heavy atom. The summed E-state index contributed by atoms with van der Waals surface area (Å²) in [5.41, 5.74) is 0.636. The van der Waals surface area contributed by atoms with Crippen LogP contribution in [0.15, 0.2) is 23.1 Å². The van der Waals surface area contributed by atoms with E-state index in [1.807, 2.05) is 0 Å². The molecule has 0 aliphatic carbocycles. The zero-order chi connectivity index (χ0) is 13.8. The summed E-state index contributed by atoms with van der Waals surface area (Å²) in [6, 6.07) is 4.56. The van der Waals surface area contributed by atoms with Gasteiger partial charge < -0.3 is 10.1 Å². The fraction of sp³-hybridized carbons (Fsp3) is 0.364. The average molecular weight is 292 g/mol. The summed E-state index contributed by atoms with van der Waals surface area (Å²) >= 11 is 0. The molecule has 1 aromatic carbocycles. The van der Waals surface area contributed by atoms with E-state index in [2.05, 4.69) is 5.32 Å². The second-order valence-corrected chi connectivity index (χ2v) is 6.09. The van der Waals surface area contributed by atoms with Gasteiger partial charge in [-0.05, 0) is 17.7 Å². The molecule has 0 spiro atoms. The van der Waals surface area contributed by atoms with E-state index in [1.165, 1.54) is 19.2 Å². The summed E-state index contributed by atoms with van der Waals surface area (Å²) in [5.74, 6) is 0.0664. The molecule has 5 nitrogen and oxygen atoms in total. The van der Waals surface area contributed by atoms with E-state index in [0.29, 0.717) is 12.0 Å². The molecule has 0 radical (unpaired) electrons. The first-order valence-corrected chi connectivity index (χ1v) is 7.57. The molecule has 0 aromatic heterocycles. The standard InChI is InChI=1S/C11H14ClNO4S/c1-3-11(14)13-7-8-4-5-9(17-2)10(6-8)18(12,15)16/h4-6H,3,7H2,1-2H3,(H,13,14). The van der Waals surface area contributed by atoms with Crippen molar-refractivity contribution >= 4 is 25.6 Å². The summed E-state index contributed by atoms with van der Waals surface area (Å²) < 4.78 is 27.6. The molecule has 1 N–H and O–H groups in total. The van der Waals surface area contributed by atoms with Gasteiger partial charge >= 0.3 is 0 Å². The number of nitrogens with one attached hydrogen (secondary N) is 1. The predicted molar refractivity (Wildman–Crippen MR) is 68.2 cm³/mol. The number of methoxy groups -OCH3 is 1. The largest absolute Gasteiger partial charge is 0.495 e. The summed E-state index contributed by atoms with van der Waals surface area (Å²) in [7, 11) is 2.79. The Bertz CT molecular complexity index is 542. The number of carbonyl (C=O) groups excluding carboxylic acids is 1. The number of carbonyl (C=O) groups is 1. The normalized spacial score (nSPS) is 11.1. The van der Waals surface area contributed by atoms with Crippen molar-refractivity contribution in [3.63, 3.8) is 0 Å². The van der Waals surface area contributed by atoms with Gasteiger partial charge in [-0.25, -0.2) is 8.42 Å². The van der Waals surface area contributed by atoms with Crippen LogP contribution in [0.2, 0.25) is 0 Å². The van der Waals surface area contributed by atoms with Crippen molar-refractivity contribution in [3.8, 4) is 5.75 Å². The lowest BCUT2D eigenvalue weighted by atomic mass is 10.2. The van der Waals surface area contributed by atoms with Crippen molar-refractivity contribution in [3.05, 3.63) is 23.8 Å². The van der Waals surface area contributed by atoms with E-state index in [0.717, 1.165) is 0 Å². The number of rotatable bonds is 5. The van der Waals surface area contributed by atoms with E-state index in [9.17, 15) is 13.2 Å². The van der Waals surface area contributed by atoms with Gasteiger partial charge in [0.05, 0.1) is 7.11 Å². The fourth-order valence-corrected chi connectivity index (χ4v) is 2.39. The second kappa shape index (κ2) is 6.06. The van der Waals surface area contributed by atoms with Gasteiger partial charge in [-0.1, -0.05) is 13.0 Å². The maximum Gasteiger partial charge on any atom is 0.264 e. The third-order valence-corrected chi connectivity index (χ3v) is 3.64. The molecule has 100 valence electrons. The monoisotopic (exact) mass is 291 g/mol. The van der Waals surface area contributed by atoms with Gasteiger partial charge in [0.1, 0.15) is 10.6 Å². The molecule has 0 aliphatic rings. The third kappa shape index (κ3) is 3.89. The number of hydrogen-bond acceptors (Lipinski definition) is 4. The summed E-state index contributed by atoms with van der Waals surface area (Å²) in [4.78, 5) is 11.0. The number of halogens is 1. The minimum atomic E-state index is -3.88. The van der Waals surface area contributed by atoms with Crippen LogP contribution in [0, 0.1) is 0 Å². The number of hydrogen-bond donors (Lipinski definition) is 1. The van der Waals surface area contributed by atoms with Crippen LogP contribution in [0.4, 0.5) is 0 Å². The van der Waals surface area contributed by atoms with Crippen LogP contribution in [-0.2, 0) is 20.4 Å². The van der Waals surface area contributed by atoms with E-state index >= 15 is 0 Å². The Hall–Kier alpha value is -1.27. The number of ether oxygens (including phenoxy) is 1. The van der Waals surface area contributed by atoms with Gasteiger partial charge in [0.2, 0.25) is 5.91 Å². The molecule has 0 unspecified atom stereocenters. The Balaban J connectivity index is 3.00. The average Bonchev–Trinajstić information content (AvgIpc) is 2.34. The zero-order valence-corrected chi connectivity index (χ0v) is 11.6. The van der Waals surface area contributed by atoms with Crippen LogP contribution in [0.1, 0.15) is 18.9 Å². The van der Waals surface area contributed by atoms with Crippen LogP contribution in [0.5, 0.6) is 5.75 Å². The molecule has 7 heteroatoms. The molecule has 1 rings (SSSR count). The highest BCUT2D eigenvalue weighted by atomic mass is 35.7. The molecule has 1 aromatic rings. The molecule has 0 fully saturated rings. The minimum Gasteiger partial charge on any atom is -0.495 e. The van der Waals surface area contributed by atoms with Crippen LogP contribution in [0.3, 0.4) is 0 Å². The maximum absolute atomic E-state index is 11.4. The first kappa shape index (κ1) is 14.8. The van der Waals surface area contributed by atoms with E-state index in [-0.39, 0.29) is 23.1 Å².